The number of carbonyl (C=O) groups is 1. The SMILES string of the molecule is CC#CCn1c(N2CCC[C@@H](NC(=O)OC(C)(C)C)C2)nc2c1c(=O)n(Cc1ccccn1)c(=O)n2C. The van der Waals surface area contributed by atoms with Gasteiger partial charge in [0.15, 0.2) is 11.2 Å². The topological polar surface area (TPSA) is 116 Å². The average Bonchev–Trinajstić information content (AvgIpc) is 3.23. The van der Waals surface area contributed by atoms with Gasteiger partial charge in [-0.15, -0.1) is 5.92 Å². The Morgan fingerprint density at radius 2 is 2.03 bits per heavy atom. The molecule has 0 aromatic carbocycles. The Morgan fingerprint density at radius 3 is 2.70 bits per heavy atom. The normalized spacial score (nSPS) is 15.8. The first-order valence-electron chi connectivity index (χ1n) is 12.3. The molecule has 1 saturated heterocycles. The number of imidazole rings is 1. The van der Waals surface area contributed by atoms with Crippen molar-refractivity contribution in [2.24, 2.45) is 7.05 Å². The van der Waals surface area contributed by atoms with E-state index in [9.17, 15) is 14.4 Å². The number of nitrogens with one attached hydrogen (secondary N) is 1. The summed E-state index contributed by atoms with van der Waals surface area (Å²) in [5, 5.41) is 2.94. The maximum atomic E-state index is 13.6. The highest BCUT2D eigenvalue weighted by molar-refractivity contribution is 5.75. The first-order chi connectivity index (χ1) is 17.6. The molecular formula is C26H33N7O4. The Kier molecular flexibility index (Phi) is 7.38. The summed E-state index contributed by atoms with van der Waals surface area (Å²) in [4.78, 5) is 50.2. The minimum atomic E-state index is -0.592. The molecule has 0 bridgehead atoms. The average molecular weight is 508 g/mol. The van der Waals surface area contributed by atoms with E-state index < -0.39 is 22.9 Å². The molecule has 11 nitrogen and oxygen atoms in total. The molecule has 3 aromatic heterocycles. The van der Waals surface area contributed by atoms with Crippen LogP contribution in [-0.2, 0) is 24.9 Å². The molecule has 0 saturated carbocycles. The van der Waals surface area contributed by atoms with Crippen LogP contribution in [0.15, 0.2) is 34.0 Å². The molecule has 1 fully saturated rings. The van der Waals surface area contributed by atoms with Crippen molar-refractivity contribution < 1.29 is 9.53 Å². The van der Waals surface area contributed by atoms with Crippen LogP contribution in [0.2, 0.25) is 0 Å². The lowest BCUT2D eigenvalue weighted by molar-refractivity contribution is 0.0500. The molecule has 196 valence electrons. The van der Waals surface area contributed by atoms with Crippen LogP contribution in [0.1, 0.15) is 46.2 Å². The summed E-state index contributed by atoms with van der Waals surface area (Å²) in [5.74, 6) is 6.45. The standard InChI is InChI=1S/C26H33N7O4/c1-6-7-15-32-20-21(30(5)25(36)33(22(20)34)17-18-11-8-9-13-27-18)29-23(32)31-14-10-12-19(16-31)28-24(35)37-26(2,3)4/h8-9,11,13,19H,10,12,14-17H2,1-5H3,(H,28,35)/t19-/m1/s1. The van der Waals surface area contributed by atoms with E-state index >= 15 is 0 Å². The van der Waals surface area contributed by atoms with E-state index in [1.807, 2.05) is 31.7 Å². The van der Waals surface area contributed by atoms with Gasteiger partial charge in [0.25, 0.3) is 5.56 Å². The van der Waals surface area contributed by atoms with E-state index in [-0.39, 0.29) is 19.1 Å². The highest BCUT2D eigenvalue weighted by Gasteiger charge is 2.29. The second kappa shape index (κ2) is 10.5. The molecule has 1 atom stereocenters. The van der Waals surface area contributed by atoms with E-state index in [1.54, 1.807) is 36.9 Å². The predicted octanol–water partition coefficient (Wildman–Crippen LogP) is 1.86. The molecule has 0 spiro atoms. The van der Waals surface area contributed by atoms with Gasteiger partial charge in [-0.25, -0.2) is 9.59 Å². The quantitative estimate of drug-likeness (QED) is 0.524. The zero-order chi connectivity index (χ0) is 26.7. The lowest BCUT2D eigenvalue weighted by atomic mass is 10.1. The van der Waals surface area contributed by atoms with Gasteiger partial charge in [0.1, 0.15) is 5.60 Å². The van der Waals surface area contributed by atoms with Crippen molar-refractivity contribution in [3.63, 3.8) is 0 Å². The van der Waals surface area contributed by atoms with E-state index in [4.69, 9.17) is 9.72 Å². The number of amides is 1. The smallest absolute Gasteiger partial charge is 0.407 e. The number of aryl methyl sites for hydroxylation is 1. The van der Waals surface area contributed by atoms with Gasteiger partial charge in [-0.3, -0.25) is 23.5 Å². The van der Waals surface area contributed by atoms with Gasteiger partial charge >= 0.3 is 11.8 Å². The number of nitrogens with zero attached hydrogens (tertiary/aromatic N) is 6. The van der Waals surface area contributed by atoms with Crippen molar-refractivity contribution >= 4 is 23.2 Å². The van der Waals surface area contributed by atoms with Gasteiger partial charge in [0.05, 0.1) is 18.8 Å². The monoisotopic (exact) mass is 507 g/mol. The van der Waals surface area contributed by atoms with Crippen molar-refractivity contribution in [1.29, 1.82) is 0 Å². The van der Waals surface area contributed by atoms with Crippen LogP contribution in [0.5, 0.6) is 0 Å². The molecule has 4 heterocycles. The summed E-state index contributed by atoms with van der Waals surface area (Å²) in [6.07, 6.45) is 2.76. The van der Waals surface area contributed by atoms with Crippen LogP contribution in [0.25, 0.3) is 11.2 Å². The molecule has 1 aliphatic heterocycles. The minimum Gasteiger partial charge on any atom is -0.444 e. The second-order valence-corrected chi connectivity index (χ2v) is 10.1. The van der Waals surface area contributed by atoms with E-state index in [0.717, 1.165) is 12.8 Å². The van der Waals surface area contributed by atoms with Crippen LogP contribution in [0, 0.1) is 11.8 Å². The molecule has 0 unspecified atom stereocenters. The van der Waals surface area contributed by atoms with E-state index in [0.29, 0.717) is 35.9 Å². The Hall–Kier alpha value is -4.07. The van der Waals surface area contributed by atoms with Crippen molar-refractivity contribution in [2.75, 3.05) is 18.0 Å². The Labute approximate surface area is 215 Å². The fourth-order valence-electron chi connectivity index (χ4n) is 4.45. The number of alkyl carbamates (subject to hydrolysis) is 1. The number of piperidine rings is 1. The summed E-state index contributed by atoms with van der Waals surface area (Å²) in [5.41, 5.74) is -0.302. The van der Waals surface area contributed by atoms with Crippen LogP contribution in [0.3, 0.4) is 0 Å². The fraction of sp³-hybridized carbons (Fsp3) is 0.500. The lowest BCUT2D eigenvalue weighted by Gasteiger charge is -2.34. The van der Waals surface area contributed by atoms with Gasteiger partial charge in [0, 0.05) is 32.4 Å². The molecule has 1 amide bonds. The molecule has 0 aliphatic carbocycles. The number of carbonyl (C=O) groups excluding carboxylic acids is 1. The second-order valence-electron chi connectivity index (χ2n) is 10.1. The number of ether oxygens (including phenoxy) is 1. The summed E-state index contributed by atoms with van der Waals surface area (Å²) in [7, 11) is 1.61. The van der Waals surface area contributed by atoms with Crippen molar-refractivity contribution in [2.45, 2.75) is 65.3 Å². The van der Waals surface area contributed by atoms with Crippen LogP contribution in [-0.4, -0.2) is 54.5 Å². The minimum absolute atomic E-state index is 0.0495. The Balaban J connectivity index is 1.74. The molecule has 3 aromatic rings. The number of rotatable bonds is 5. The van der Waals surface area contributed by atoms with Crippen molar-refractivity contribution in [3.05, 3.63) is 50.9 Å². The number of aromatic nitrogens is 5. The van der Waals surface area contributed by atoms with E-state index in [2.05, 4.69) is 22.1 Å². The maximum Gasteiger partial charge on any atom is 0.407 e. The largest absolute Gasteiger partial charge is 0.444 e. The number of fused-ring (bicyclic) bond motifs is 1. The highest BCUT2D eigenvalue weighted by Crippen LogP contribution is 2.23. The lowest BCUT2D eigenvalue weighted by Crippen LogP contribution is -2.49. The zero-order valence-electron chi connectivity index (χ0n) is 21.9. The Bertz CT molecular complexity index is 1470. The number of anilines is 1. The van der Waals surface area contributed by atoms with Gasteiger partial charge < -0.3 is 15.0 Å². The molecule has 37 heavy (non-hydrogen) atoms. The van der Waals surface area contributed by atoms with Crippen LogP contribution < -0.4 is 21.5 Å². The number of hydrogen-bond donors (Lipinski definition) is 1. The number of pyridine rings is 1. The number of hydrogen-bond acceptors (Lipinski definition) is 7. The maximum absolute atomic E-state index is 13.6. The van der Waals surface area contributed by atoms with Gasteiger partial charge in [0.2, 0.25) is 5.95 Å². The predicted molar refractivity (Wildman–Crippen MR) is 141 cm³/mol. The highest BCUT2D eigenvalue weighted by atomic mass is 16.6. The van der Waals surface area contributed by atoms with Gasteiger partial charge in [-0.1, -0.05) is 12.0 Å². The molecule has 1 N–H and O–H groups in total. The van der Waals surface area contributed by atoms with Crippen molar-refractivity contribution in [1.82, 2.24) is 29.0 Å². The third-order valence-electron chi connectivity index (χ3n) is 6.10. The fourth-order valence-corrected chi connectivity index (χ4v) is 4.45. The van der Waals surface area contributed by atoms with Crippen LogP contribution >= 0.6 is 0 Å². The van der Waals surface area contributed by atoms with Gasteiger partial charge in [-0.05, 0) is 52.7 Å². The third-order valence-corrected chi connectivity index (χ3v) is 6.10. The first-order valence-corrected chi connectivity index (χ1v) is 12.3. The molecule has 0 radical (unpaired) electrons. The molecule has 11 heteroatoms. The summed E-state index contributed by atoms with van der Waals surface area (Å²) in [6.45, 7) is 8.65. The van der Waals surface area contributed by atoms with E-state index in [1.165, 1.54) is 9.13 Å². The summed E-state index contributed by atoms with van der Waals surface area (Å²) < 4.78 is 9.74. The summed E-state index contributed by atoms with van der Waals surface area (Å²) in [6, 6.07) is 5.21. The van der Waals surface area contributed by atoms with Gasteiger partial charge in [-0.2, -0.15) is 4.98 Å². The summed E-state index contributed by atoms with van der Waals surface area (Å²) >= 11 is 0. The zero-order valence-corrected chi connectivity index (χ0v) is 21.9. The molecule has 1 aliphatic rings. The Morgan fingerprint density at radius 1 is 1.24 bits per heavy atom. The van der Waals surface area contributed by atoms with Crippen LogP contribution in [0.4, 0.5) is 10.7 Å². The first kappa shape index (κ1) is 26.0. The molecule has 4 rings (SSSR count). The molecular weight excluding hydrogens is 474 g/mol. The third kappa shape index (κ3) is 5.69. The van der Waals surface area contributed by atoms with Crippen molar-refractivity contribution in [3.8, 4) is 11.8 Å².